The van der Waals surface area contributed by atoms with E-state index in [0.29, 0.717) is 17.7 Å². The molecule has 0 saturated heterocycles. The number of nitrogens with one attached hydrogen (secondary N) is 1. The lowest BCUT2D eigenvalue weighted by molar-refractivity contribution is -0.134. The van der Waals surface area contributed by atoms with Gasteiger partial charge in [-0.3, -0.25) is 0 Å². The van der Waals surface area contributed by atoms with Crippen LogP contribution in [-0.4, -0.2) is 34.3 Å². The molecule has 29 heavy (non-hydrogen) atoms. The Kier molecular flexibility index (Phi) is 6.69. The maximum Gasteiger partial charge on any atom is 0.330 e. The van der Waals surface area contributed by atoms with E-state index >= 15 is 0 Å². The highest BCUT2D eigenvalue weighted by Crippen LogP contribution is 2.20. The third-order valence-corrected chi connectivity index (χ3v) is 5.67. The lowest BCUT2D eigenvalue weighted by Crippen LogP contribution is -2.38. The predicted molar refractivity (Wildman–Crippen MR) is 107 cm³/mol. The van der Waals surface area contributed by atoms with Crippen molar-refractivity contribution in [2.24, 2.45) is 0 Å². The van der Waals surface area contributed by atoms with Crippen molar-refractivity contribution in [1.29, 1.82) is 0 Å². The molecule has 0 radical (unpaired) electrons. The molecule has 0 amide bonds. The number of hydrogen-bond acceptors (Lipinski definition) is 6. The van der Waals surface area contributed by atoms with Gasteiger partial charge in [-0.15, -0.1) is 0 Å². The van der Waals surface area contributed by atoms with Gasteiger partial charge in [0.05, 0.1) is 18.0 Å². The second-order valence-corrected chi connectivity index (χ2v) is 7.96. The summed E-state index contributed by atoms with van der Waals surface area (Å²) in [6, 6.07) is 15.1. The van der Waals surface area contributed by atoms with Crippen molar-refractivity contribution in [3.05, 3.63) is 83.8 Å². The van der Waals surface area contributed by atoms with E-state index in [1.807, 2.05) is 30.3 Å². The van der Waals surface area contributed by atoms with Crippen molar-refractivity contribution in [3.63, 3.8) is 0 Å². The van der Waals surface area contributed by atoms with Gasteiger partial charge in [-0.2, -0.15) is 0 Å². The standard InChI is InChI=1S/C21H21NO6S/c1-26-21(23)11-10-17-8-5-9-18(12-17)29(24,25)22-19(20-14-27-15-28-20)13-16-6-3-2-4-7-16/h2-12,14,19,22H,13,15H2,1H3. The van der Waals surface area contributed by atoms with Gasteiger partial charge in [0.2, 0.25) is 16.8 Å². The average Bonchev–Trinajstić information content (AvgIpc) is 3.27. The first-order chi connectivity index (χ1) is 14.0. The minimum atomic E-state index is -3.86. The molecule has 2 aromatic rings. The zero-order valence-electron chi connectivity index (χ0n) is 15.8. The molecule has 0 fully saturated rings. The molecule has 152 valence electrons. The molecular formula is C21H21NO6S. The SMILES string of the molecule is COC(=O)C=Cc1cccc(S(=O)(=O)NC(Cc2ccccc2)C2=COCO2)c1. The summed E-state index contributed by atoms with van der Waals surface area (Å²) in [6.07, 6.45) is 4.54. The van der Waals surface area contributed by atoms with Crippen LogP contribution >= 0.6 is 0 Å². The number of ether oxygens (including phenoxy) is 3. The zero-order valence-corrected chi connectivity index (χ0v) is 16.6. The van der Waals surface area contributed by atoms with E-state index in [9.17, 15) is 13.2 Å². The number of esters is 1. The third-order valence-electron chi connectivity index (χ3n) is 4.20. The first kappa shape index (κ1) is 20.6. The lowest BCUT2D eigenvalue weighted by atomic mass is 10.1. The van der Waals surface area contributed by atoms with Crippen molar-refractivity contribution in [3.8, 4) is 0 Å². The molecule has 0 aromatic heterocycles. The van der Waals surface area contributed by atoms with Crippen molar-refractivity contribution in [1.82, 2.24) is 4.72 Å². The van der Waals surface area contributed by atoms with Crippen LogP contribution in [0, 0.1) is 0 Å². The zero-order chi connectivity index (χ0) is 20.7. The van der Waals surface area contributed by atoms with Gasteiger partial charge in [0.1, 0.15) is 6.26 Å². The number of hydrogen-bond donors (Lipinski definition) is 1. The largest absolute Gasteiger partial charge is 0.466 e. The quantitative estimate of drug-likeness (QED) is 0.526. The van der Waals surface area contributed by atoms with Gasteiger partial charge in [-0.25, -0.2) is 17.9 Å². The molecule has 1 aliphatic heterocycles. The summed E-state index contributed by atoms with van der Waals surface area (Å²) in [4.78, 5) is 11.3. The average molecular weight is 415 g/mol. The highest BCUT2D eigenvalue weighted by molar-refractivity contribution is 7.89. The molecule has 1 unspecified atom stereocenters. The van der Waals surface area contributed by atoms with Gasteiger partial charge in [0.25, 0.3) is 0 Å². The molecule has 1 heterocycles. The van der Waals surface area contributed by atoms with Gasteiger partial charge in [-0.1, -0.05) is 42.5 Å². The molecule has 0 aliphatic carbocycles. The van der Waals surface area contributed by atoms with Crippen LogP contribution in [0.5, 0.6) is 0 Å². The topological polar surface area (TPSA) is 90.9 Å². The fourth-order valence-electron chi connectivity index (χ4n) is 2.76. The van der Waals surface area contributed by atoms with Crippen LogP contribution in [0.15, 0.2) is 77.6 Å². The van der Waals surface area contributed by atoms with Gasteiger partial charge >= 0.3 is 5.97 Å². The van der Waals surface area contributed by atoms with Crippen LogP contribution in [0.3, 0.4) is 0 Å². The Morgan fingerprint density at radius 2 is 2.00 bits per heavy atom. The second kappa shape index (κ2) is 9.40. The number of methoxy groups -OCH3 is 1. The van der Waals surface area contributed by atoms with Crippen LogP contribution in [0.25, 0.3) is 6.08 Å². The molecule has 0 spiro atoms. The minimum absolute atomic E-state index is 0.0517. The number of carbonyl (C=O) groups is 1. The molecule has 1 atom stereocenters. The highest BCUT2D eigenvalue weighted by atomic mass is 32.2. The van der Waals surface area contributed by atoms with Crippen LogP contribution in [0.1, 0.15) is 11.1 Å². The molecule has 1 N–H and O–H groups in total. The van der Waals surface area contributed by atoms with Gasteiger partial charge in [-0.05, 0) is 35.8 Å². The van der Waals surface area contributed by atoms with Gasteiger partial charge in [0, 0.05) is 6.08 Å². The van der Waals surface area contributed by atoms with E-state index in [2.05, 4.69) is 9.46 Å². The fourth-order valence-corrected chi connectivity index (χ4v) is 4.02. The number of rotatable bonds is 8. The van der Waals surface area contributed by atoms with E-state index in [1.54, 1.807) is 12.1 Å². The monoisotopic (exact) mass is 415 g/mol. The van der Waals surface area contributed by atoms with Gasteiger partial charge in [0.15, 0.2) is 5.76 Å². The molecule has 3 rings (SSSR count). The number of sulfonamides is 1. The molecule has 7 nitrogen and oxygen atoms in total. The van der Waals surface area contributed by atoms with Crippen LogP contribution < -0.4 is 4.72 Å². The second-order valence-electron chi connectivity index (χ2n) is 6.24. The lowest BCUT2D eigenvalue weighted by Gasteiger charge is -2.19. The fraction of sp³-hybridized carbons (Fsp3) is 0.190. The minimum Gasteiger partial charge on any atom is -0.466 e. The first-order valence-corrected chi connectivity index (χ1v) is 10.3. The van der Waals surface area contributed by atoms with Crippen molar-refractivity contribution in [2.75, 3.05) is 13.9 Å². The Balaban J connectivity index is 1.83. The Morgan fingerprint density at radius 1 is 1.21 bits per heavy atom. The third kappa shape index (κ3) is 5.69. The Hall–Kier alpha value is -3.10. The Bertz CT molecular complexity index is 1010. The molecule has 1 aliphatic rings. The van der Waals surface area contributed by atoms with Crippen LogP contribution in [0.2, 0.25) is 0 Å². The molecule has 0 bridgehead atoms. The molecule has 2 aromatic carbocycles. The van der Waals surface area contributed by atoms with E-state index in [1.165, 1.54) is 37.7 Å². The Morgan fingerprint density at radius 3 is 2.69 bits per heavy atom. The normalized spacial score (nSPS) is 14.7. The summed E-state index contributed by atoms with van der Waals surface area (Å²) < 4.78 is 43.7. The summed E-state index contributed by atoms with van der Waals surface area (Å²) in [7, 11) is -2.59. The summed E-state index contributed by atoms with van der Waals surface area (Å²) in [5.41, 5.74) is 1.50. The molecular weight excluding hydrogens is 394 g/mol. The smallest absolute Gasteiger partial charge is 0.330 e. The Labute approximate surface area is 169 Å². The molecule has 0 saturated carbocycles. The van der Waals surface area contributed by atoms with E-state index in [0.717, 1.165) is 5.56 Å². The van der Waals surface area contributed by atoms with Gasteiger partial charge < -0.3 is 14.2 Å². The maximum atomic E-state index is 13.0. The predicted octanol–water partition coefficient (Wildman–Crippen LogP) is 2.61. The van der Waals surface area contributed by atoms with E-state index in [4.69, 9.17) is 9.47 Å². The summed E-state index contributed by atoms with van der Waals surface area (Å²) in [6.45, 7) is 0.0517. The van der Waals surface area contributed by atoms with Crippen LogP contribution in [-0.2, 0) is 35.4 Å². The van der Waals surface area contributed by atoms with Crippen molar-refractivity contribution in [2.45, 2.75) is 17.4 Å². The van der Waals surface area contributed by atoms with Crippen molar-refractivity contribution >= 4 is 22.1 Å². The van der Waals surface area contributed by atoms with E-state index < -0.39 is 22.0 Å². The van der Waals surface area contributed by atoms with Crippen LogP contribution in [0.4, 0.5) is 0 Å². The number of carbonyl (C=O) groups excluding carboxylic acids is 1. The first-order valence-electron chi connectivity index (χ1n) is 8.85. The highest BCUT2D eigenvalue weighted by Gasteiger charge is 2.27. The number of benzene rings is 2. The summed E-state index contributed by atoms with van der Waals surface area (Å²) in [5, 5.41) is 0. The van der Waals surface area contributed by atoms with Crippen molar-refractivity contribution < 1.29 is 27.4 Å². The summed E-state index contributed by atoms with van der Waals surface area (Å²) in [5.74, 6) is -0.108. The van der Waals surface area contributed by atoms with E-state index in [-0.39, 0.29) is 11.7 Å². The molecule has 8 heteroatoms. The summed E-state index contributed by atoms with van der Waals surface area (Å²) >= 11 is 0. The maximum absolute atomic E-state index is 13.0.